The van der Waals surface area contributed by atoms with Crippen molar-refractivity contribution in [2.24, 2.45) is 0 Å². The fraction of sp³-hybridized carbons (Fsp3) is 0.143. The monoisotopic (exact) mass is 399 g/mol. The second kappa shape index (κ2) is 8.46. The predicted octanol–water partition coefficient (Wildman–Crippen LogP) is 2.21. The first-order chi connectivity index (χ1) is 11.2. The van der Waals surface area contributed by atoms with Gasteiger partial charge in [-0.15, -0.1) is 0 Å². The van der Waals surface area contributed by atoms with Gasteiger partial charge in [0.2, 0.25) is 0 Å². The SMILES string of the molecule is CN(c1ccccc1)[P+](C)(Cc1ccccc1)c1ccccc1.[Br-]. The molecule has 0 fully saturated rings. The van der Waals surface area contributed by atoms with E-state index >= 15 is 0 Å². The number of benzene rings is 3. The molecule has 0 bridgehead atoms. The number of para-hydroxylation sites is 1. The fourth-order valence-corrected chi connectivity index (χ4v) is 6.08. The molecule has 0 aliphatic heterocycles. The van der Waals surface area contributed by atoms with E-state index in [-0.39, 0.29) is 17.0 Å². The van der Waals surface area contributed by atoms with E-state index in [0.29, 0.717) is 0 Å². The molecule has 0 radical (unpaired) electrons. The Hall–Kier alpha value is -1.63. The summed E-state index contributed by atoms with van der Waals surface area (Å²) >= 11 is 0. The molecular weight excluding hydrogens is 377 g/mol. The maximum Gasteiger partial charge on any atom is 0.138 e. The minimum absolute atomic E-state index is 0. The van der Waals surface area contributed by atoms with Gasteiger partial charge in [-0.05, 0) is 29.8 Å². The van der Waals surface area contributed by atoms with Crippen LogP contribution in [0, 0.1) is 0 Å². The summed E-state index contributed by atoms with van der Waals surface area (Å²) in [4.78, 5) is 0. The van der Waals surface area contributed by atoms with Crippen LogP contribution in [-0.4, -0.2) is 13.7 Å². The van der Waals surface area contributed by atoms with Crippen LogP contribution in [0.2, 0.25) is 0 Å². The van der Waals surface area contributed by atoms with Gasteiger partial charge in [-0.3, -0.25) is 0 Å². The molecule has 24 heavy (non-hydrogen) atoms. The molecule has 0 aliphatic carbocycles. The van der Waals surface area contributed by atoms with Crippen LogP contribution < -0.4 is 27.0 Å². The molecule has 0 heterocycles. The quantitative estimate of drug-likeness (QED) is 0.594. The Morgan fingerprint density at radius 2 is 1.17 bits per heavy atom. The summed E-state index contributed by atoms with van der Waals surface area (Å²) in [5.74, 6) is 0. The van der Waals surface area contributed by atoms with Crippen LogP contribution in [0.15, 0.2) is 91.0 Å². The molecule has 0 amide bonds. The third kappa shape index (κ3) is 4.06. The van der Waals surface area contributed by atoms with E-state index in [1.807, 2.05) is 0 Å². The van der Waals surface area contributed by atoms with Crippen molar-refractivity contribution < 1.29 is 17.0 Å². The lowest BCUT2D eigenvalue weighted by Crippen LogP contribution is -3.00. The predicted molar refractivity (Wildman–Crippen MR) is 104 cm³/mol. The largest absolute Gasteiger partial charge is 1.00 e. The Labute approximate surface area is 156 Å². The van der Waals surface area contributed by atoms with Gasteiger partial charge < -0.3 is 17.0 Å². The number of halogens is 1. The van der Waals surface area contributed by atoms with Crippen molar-refractivity contribution in [2.75, 3.05) is 18.4 Å². The maximum absolute atomic E-state index is 2.50. The molecule has 3 aromatic carbocycles. The van der Waals surface area contributed by atoms with E-state index in [0.717, 1.165) is 6.16 Å². The normalized spacial score (nSPS) is 12.8. The fourth-order valence-electron chi connectivity index (χ4n) is 2.96. The van der Waals surface area contributed by atoms with Gasteiger partial charge in [0.05, 0.1) is 12.4 Å². The topological polar surface area (TPSA) is 3.24 Å². The second-order valence-corrected chi connectivity index (χ2v) is 9.69. The van der Waals surface area contributed by atoms with Crippen LogP contribution in [0.5, 0.6) is 0 Å². The van der Waals surface area contributed by atoms with E-state index in [4.69, 9.17) is 0 Å². The minimum atomic E-state index is -1.52. The average Bonchev–Trinajstić information content (AvgIpc) is 2.63. The van der Waals surface area contributed by atoms with E-state index in [1.54, 1.807) is 0 Å². The zero-order chi connectivity index (χ0) is 16.1. The molecular formula is C21H23BrNP. The third-order valence-corrected chi connectivity index (χ3v) is 8.38. The van der Waals surface area contributed by atoms with Gasteiger partial charge in [0.25, 0.3) is 0 Å². The number of hydrogen-bond acceptors (Lipinski definition) is 1. The van der Waals surface area contributed by atoms with Crippen molar-refractivity contribution in [3.63, 3.8) is 0 Å². The van der Waals surface area contributed by atoms with Gasteiger partial charge in [0.15, 0.2) is 0 Å². The van der Waals surface area contributed by atoms with Gasteiger partial charge >= 0.3 is 0 Å². The summed E-state index contributed by atoms with van der Waals surface area (Å²) < 4.78 is 2.50. The molecule has 0 aromatic heterocycles. The number of rotatable bonds is 5. The zero-order valence-corrected chi connectivity index (χ0v) is 16.6. The standard InChI is InChI=1S/C21H23NP.BrH/c1-22(20-14-8-4-9-15-20)23(2,21-16-10-5-11-17-21)18-19-12-6-3-7-13-19;/h3-17H,18H2,1-2H3;1H/q+1;/p-1. The summed E-state index contributed by atoms with van der Waals surface area (Å²) in [6.07, 6.45) is 1.07. The Morgan fingerprint density at radius 3 is 1.71 bits per heavy atom. The first-order valence-corrected chi connectivity index (χ1v) is 10.3. The number of anilines is 1. The molecule has 3 rings (SSSR count). The van der Waals surface area contributed by atoms with Crippen LogP contribution in [0.3, 0.4) is 0 Å². The van der Waals surface area contributed by atoms with Gasteiger partial charge in [-0.2, -0.15) is 0 Å². The summed E-state index contributed by atoms with van der Waals surface area (Å²) in [5.41, 5.74) is 2.68. The van der Waals surface area contributed by atoms with Crippen molar-refractivity contribution in [3.8, 4) is 0 Å². The lowest BCUT2D eigenvalue weighted by molar-refractivity contribution is -0.00000468. The van der Waals surface area contributed by atoms with Crippen molar-refractivity contribution >= 4 is 18.4 Å². The average molecular weight is 400 g/mol. The summed E-state index contributed by atoms with van der Waals surface area (Å²) in [5, 5.41) is 1.44. The van der Waals surface area contributed by atoms with Crippen molar-refractivity contribution in [2.45, 2.75) is 6.16 Å². The van der Waals surface area contributed by atoms with E-state index in [9.17, 15) is 0 Å². The lowest BCUT2D eigenvalue weighted by atomic mass is 10.2. The van der Waals surface area contributed by atoms with Gasteiger partial charge in [0.1, 0.15) is 18.9 Å². The van der Waals surface area contributed by atoms with Crippen molar-refractivity contribution in [3.05, 3.63) is 96.6 Å². The van der Waals surface area contributed by atoms with Gasteiger partial charge in [0, 0.05) is 7.05 Å². The maximum atomic E-state index is 2.50. The highest BCUT2D eigenvalue weighted by molar-refractivity contribution is 7.82. The zero-order valence-electron chi connectivity index (χ0n) is 14.1. The summed E-state index contributed by atoms with van der Waals surface area (Å²) in [6.45, 7) is 2.43. The van der Waals surface area contributed by atoms with Crippen LogP contribution >= 0.6 is 7.41 Å². The minimum Gasteiger partial charge on any atom is -1.00 e. The summed E-state index contributed by atoms with van der Waals surface area (Å²) in [7, 11) is 0.712. The van der Waals surface area contributed by atoms with Crippen LogP contribution in [0.1, 0.15) is 5.56 Å². The summed E-state index contributed by atoms with van der Waals surface area (Å²) in [6, 6.07) is 32.5. The molecule has 3 heteroatoms. The van der Waals surface area contributed by atoms with E-state index < -0.39 is 7.41 Å². The molecule has 1 nitrogen and oxygen atoms in total. The van der Waals surface area contributed by atoms with Crippen molar-refractivity contribution in [1.29, 1.82) is 0 Å². The van der Waals surface area contributed by atoms with E-state index in [2.05, 4.69) is 109 Å². The Kier molecular flexibility index (Phi) is 6.60. The first kappa shape index (κ1) is 18.7. The molecule has 0 spiro atoms. The molecule has 0 saturated heterocycles. The molecule has 3 aromatic rings. The molecule has 1 unspecified atom stereocenters. The van der Waals surface area contributed by atoms with Crippen LogP contribution in [0.4, 0.5) is 5.69 Å². The second-order valence-electron chi connectivity index (χ2n) is 5.98. The van der Waals surface area contributed by atoms with Gasteiger partial charge in [-0.1, -0.05) is 66.7 Å². The molecule has 1 atom stereocenters. The number of nitrogens with zero attached hydrogens (tertiary/aromatic N) is 1. The van der Waals surface area contributed by atoms with Gasteiger partial charge in [-0.25, -0.2) is 4.67 Å². The Bertz CT molecular complexity index is 734. The van der Waals surface area contributed by atoms with Crippen LogP contribution in [0.25, 0.3) is 0 Å². The molecule has 0 aliphatic rings. The number of hydrogen-bond donors (Lipinski definition) is 0. The van der Waals surface area contributed by atoms with E-state index in [1.165, 1.54) is 16.6 Å². The highest BCUT2D eigenvalue weighted by Gasteiger charge is 2.40. The first-order valence-electron chi connectivity index (χ1n) is 7.94. The molecule has 0 saturated carbocycles. The highest BCUT2D eigenvalue weighted by atomic mass is 79.9. The lowest BCUT2D eigenvalue weighted by Gasteiger charge is -2.33. The Balaban J connectivity index is 0.00000208. The van der Waals surface area contributed by atoms with Crippen molar-refractivity contribution in [1.82, 2.24) is 0 Å². The smallest absolute Gasteiger partial charge is 0.138 e. The Morgan fingerprint density at radius 1 is 0.708 bits per heavy atom. The molecule has 124 valence electrons. The highest BCUT2D eigenvalue weighted by Crippen LogP contribution is 2.60. The molecule has 0 N–H and O–H groups in total. The van der Waals surface area contributed by atoms with Crippen LogP contribution in [-0.2, 0) is 6.16 Å². The third-order valence-electron chi connectivity index (χ3n) is 4.44.